The molecule has 146 valence electrons. The van der Waals surface area contributed by atoms with Crippen LogP contribution >= 0.6 is 0 Å². The van der Waals surface area contributed by atoms with Crippen molar-refractivity contribution in [2.24, 2.45) is 0 Å². The summed E-state index contributed by atoms with van der Waals surface area (Å²) in [4.78, 5) is -0.0715. The first-order valence-electron chi connectivity index (χ1n) is 9.92. The van der Waals surface area contributed by atoms with Crippen LogP contribution in [0.15, 0.2) is 70.7 Å². The summed E-state index contributed by atoms with van der Waals surface area (Å²) in [6.45, 7) is 1.93. The van der Waals surface area contributed by atoms with E-state index in [1.54, 1.807) is 6.07 Å². The van der Waals surface area contributed by atoms with Crippen molar-refractivity contribution in [3.63, 3.8) is 0 Å². The maximum Gasteiger partial charge on any atom is 0.124 e. The van der Waals surface area contributed by atoms with E-state index in [0.29, 0.717) is 12.0 Å². The SMILES string of the molecule is Cc1ccc(S(=O)(=O)[O-])c(CCC2C3=C(CC=CC3)CCc3ccccc32)c1. The normalized spacial score (nSPS) is 19.1. The molecule has 0 aliphatic heterocycles. The predicted octanol–water partition coefficient (Wildman–Crippen LogP) is 5.21. The molecule has 2 aliphatic rings. The van der Waals surface area contributed by atoms with Crippen LogP contribution in [-0.2, 0) is 23.0 Å². The van der Waals surface area contributed by atoms with E-state index in [4.69, 9.17) is 0 Å². The fourth-order valence-electron chi connectivity index (χ4n) is 4.71. The first-order valence-corrected chi connectivity index (χ1v) is 11.3. The van der Waals surface area contributed by atoms with E-state index in [1.807, 2.05) is 13.0 Å². The molecule has 0 heterocycles. The molecule has 1 atom stereocenters. The number of rotatable bonds is 4. The molecule has 2 aromatic rings. The first-order chi connectivity index (χ1) is 13.4. The Labute approximate surface area is 167 Å². The van der Waals surface area contributed by atoms with E-state index in [-0.39, 0.29) is 10.8 Å². The molecule has 2 aromatic carbocycles. The van der Waals surface area contributed by atoms with Gasteiger partial charge in [-0.1, -0.05) is 65.3 Å². The smallest absolute Gasteiger partial charge is 0.124 e. The van der Waals surface area contributed by atoms with Gasteiger partial charge in [0.15, 0.2) is 0 Å². The van der Waals surface area contributed by atoms with E-state index in [2.05, 4.69) is 36.4 Å². The Morgan fingerprint density at radius 3 is 2.64 bits per heavy atom. The van der Waals surface area contributed by atoms with Crippen molar-refractivity contribution in [2.45, 2.75) is 56.3 Å². The minimum Gasteiger partial charge on any atom is -0.744 e. The number of hydrogen-bond acceptors (Lipinski definition) is 3. The maximum absolute atomic E-state index is 11.7. The summed E-state index contributed by atoms with van der Waals surface area (Å²) in [6.07, 6.45) is 10.0. The summed E-state index contributed by atoms with van der Waals surface area (Å²) in [5.41, 5.74) is 7.40. The molecule has 3 nitrogen and oxygen atoms in total. The Balaban J connectivity index is 1.71. The number of hydrogen-bond donors (Lipinski definition) is 0. The summed E-state index contributed by atoms with van der Waals surface area (Å²) >= 11 is 0. The van der Waals surface area contributed by atoms with Crippen LogP contribution in [0, 0.1) is 6.92 Å². The zero-order chi connectivity index (χ0) is 19.7. The summed E-state index contributed by atoms with van der Waals surface area (Å²) < 4.78 is 35.2. The molecule has 0 N–H and O–H groups in total. The van der Waals surface area contributed by atoms with Gasteiger partial charge in [0, 0.05) is 5.92 Å². The van der Waals surface area contributed by atoms with Gasteiger partial charge in [-0.15, -0.1) is 0 Å². The molecule has 0 saturated heterocycles. The molecule has 2 aliphatic carbocycles. The summed E-state index contributed by atoms with van der Waals surface area (Å²) in [7, 11) is -4.47. The lowest BCUT2D eigenvalue weighted by molar-refractivity contribution is 0.461. The molecule has 0 bridgehead atoms. The Morgan fingerprint density at radius 2 is 1.82 bits per heavy atom. The molecule has 0 fully saturated rings. The van der Waals surface area contributed by atoms with E-state index in [1.165, 1.54) is 28.3 Å². The van der Waals surface area contributed by atoms with Crippen LogP contribution in [-0.4, -0.2) is 13.0 Å². The number of aryl methyl sites for hydroxylation is 3. The van der Waals surface area contributed by atoms with Gasteiger partial charge >= 0.3 is 0 Å². The zero-order valence-corrected chi connectivity index (χ0v) is 17.0. The molecular formula is C24H25O3S-. The van der Waals surface area contributed by atoms with Crippen molar-refractivity contribution >= 4 is 10.1 Å². The molecule has 28 heavy (non-hydrogen) atoms. The van der Waals surface area contributed by atoms with E-state index < -0.39 is 10.1 Å². The summed E-state index contributed by atoms with van der Waals surface area (Å²) in [5, 5.41) is 0. The van der Waals surface area contributed by atoms with Gasteiger partial charge in [0.05, 0.1) is 4.90 Å². The Morgan fingerprint density at radius 1 is 1.04 bits per heavy atom. The van der Waals surface area contributed by atoms with Crippen LogP contribution < -0.4 is 0 Å². The van der Waals surface area contributed by atoms with E-state index in [9.17, 15) is 13.0 Å². The average molecular weight is 394 g/mol. The molecule has 0 amide bonds. The quantitative estimate of drug-likeness (QED) is 0.529. The summed E-state index contributed by atoms with van der Waals surface area (Å²) in [6, 6.07) is 13.6. The first kappa shape index (κ1) is 19.2. The standard InChI is InChI=1S/C24H26O3S/c1-17-10-15-24(28(25,26)27)20(16-17)13-14-23-21-8-4-2-6-18(21)11-12-19-7-3-5-9-22(19)23/h2-6,8,10,15-16,23H,7,9,11-14H2,1H3,(H,25,26,27)/p-1. The van der Waals surface area contributed by atoms with Gasteiger partial charge in [-0.3, -0.25) is 0 Å². The second kappa shape index (κ2) is 7.69. The fourth-order valence-corrected chi connectivity index (χ4v) is 5.43. The Bertz CT molecular complexity index is 1060. The fraction of sp³-hybridized carbons (Fsp3) is 0.333. The van der Waals surface area contributed by atoms with Crippen LogP contribution in [0.4, 0.5) is 0 Å². The molecular weight excluding hydrogens is 368 g/mol. The van der Waals surface area contributed by atoms with Crippen LogP contribution in [0.25, 0.3) is 0 Å². The highest BCUT2D eigenvalue weighted by atomic mass is 32.2. The van der Waals surface area contributed by atoms with Crippen molar-refractivity contribution in [2.75, 3.05) is 0 Å². The molecule has 1 unspecified atom stereocenters. The Kier molecular flexibility index (Phi) is 5.26. The third-order valence-electron chi connectivity index (χ3n) is 6.06. The highest BCUT2D eigenvalue weighted by Gasteiger charge is 2.26. The van der Waals surface area contributed by atoms with Crippen molar-refractivity contribution < 1.29 is 13.0 Å². The Hall–Kier alpha value is -2.17. The highest BCUT2D eigenvalue weighted by molar-refractivity contribution is 7.85. The highest BCUT2D eigenvalue weighted by Crippen LogP contribution is 2.42. The molecule has 0 aromatic heterocycles. The van der Waals surface area contributed by atoms with Gasteiger partial charge in [-0.2, -0.15) is 0 Å². The molecule has 4 heteroatoms. The topological polar surface area (TPSA) is 57.2 Å². The third kappa shape index (κ3) is 3.85. The minimum absolute atomic E-state index is 0.0715. The van der Waals surface area contributed by atoms with Crippen LogP contribution in [0.3, 0.4) is 0 Å². The second-order valence-corrected chi connectivity index (χ2v) is 9.21. The lowest BCUT2D eigenvalue weighted by Gasteiger charge is -2.25. The lowest BCUT2D eigenvalue weighted by Crippen LogP contribution is -2.10. The monoisotopic (exact) mass is 393 g/mol. The van der Waals surface area contributed by atoms with E-state index >= 15 is 0 Å². The van der Waals surface area contributed by atoms with Crippen LogP contribution in [0.5, 0.6) is 0 Å². The summed E-state index contributed by atoms with van der Waals surface area (Å²) in [5.74, 6) is 0.279. The van der Waals surface area contributed by atoms with Gasteiger partial charge in [0.1, 0.15) is 10.1 Å². The van der Waals surface area contributed by atoms with E-state index in [0.717, 1.165) is 37.7 Å². The van der Waals surface area contributed by atoms with Gasteiger partial charge < -0.3 is 4.55 Å². The van der Waals surface area contributed by atoms with Crippen LogP contribution in [0.1, 0.15) is 53.9 Å². The van der Waals surface area contributed by atoms with Gasteiger partial charge in [-0.05, 0) is 68.2 Å². The molecule has 0 spiro atoms. The average Bonchev–Trinajstić information content (AvgIpc) is 2.82. The van der Waals surface area contributed by atoms with Crippen LogP contribution in [0.2, 0.25) is 0 Å². The van der Waals surface area contributed by atoms with Gasteiger partial charge in [0.25, 0.3) is 0 Å². The number of fused-ring (bicyclic) bond motifs is 1. The second-order valence-electron chi connectivity index (χ2n) is 7.86. The van der Waals surface area contributed by atoms with Crippen molar-refractivity contribution in [1.29, 1.82) is 0 Å². The maximum atomic E-state index is 11.7. The van der Waals surface area contributed by atoms with Gasteiger partial charge in [0.2, 0.25) is 0 Å². The third-order valence-corrected chi connectivity index (χ3v) is 6.99. The minimum atomic E-state index is -4.47. The molecule has 0 saturated carbocycles. The van der Waals surface area contributed by atoms with Crippen molar-refractivity contribution in [3.05, 3.63) is 88.0 Å². The predicted molar refractivity (Wildman–Crippen MR) is 110 cm³/mol. The molecule has 0 radical (unpaired) electrons. The number of benzene rings is 2. The van der Waals surface area contributed by atoms with Crippen molar-refractivity contribution in [1.82, 2.24) is 0 Å². The van der Waals surface area contributed by atoms with Crippen molar-refractivity contribution in [3.8, 4) is 0 Å². The van der Waals surface area contributed by atoms with Gasteiger partial charge in [-0.25, -0.2) is 8.42 Å². The molecule has 4 rings (SSSR count). The lowest BCUT2D eigenvalue weighted by atomic mass is 9.80. The zero-order valence-electron chi connectivity index (χ0n) is 16.1. The largest absolute Gasteiger partial charge is 0.744 e. The number of allylic oxidation sites excluding steroid dienone is 4.